The summed E-state index contributed by atoms with van der Waals surface area (Å²) in [5.41, 5.74) is 0.575. The number of carbonyl (C=O) groups is 2. The third-order valence-corrected chi connectivity index (χ3v) is 7.19. The number of allylic oxidation sites excluding steroid dienone is 1. The van der Waals surface area contributed by atoms with Crippen LogP contribution in [-0.2, 0) is 16.0 Å². The number of benzene rings is 2. The van der Waals surface area contributed by atoms with Crippen LogP contribution >= 0.6 is 0 Å². The summed E-state index contributed by atoms with van der Waals surface area (Å²) in [5, 5.41) is 10.5. The van der Waals surface area contributed by atoms with E-state index >= 15 is 0 Å². The molecule has 1 aliphatic rings. The summed E-state index contributed by atoms with van der Waals surface area (Å²) in [6, 6.07) is 7.69. The molecule has 2 radical (unpaired) electrons. The van der Waals surface area contributed by atoms with Crippen molar-refractivity contribution in [1.82, 2.24) is 0 Å². The second-order valence-electron chi connectivity index (χ2n) is 5.54. The molecule has 0 saturated carbocycles. The van der Waals surface area contributed by atoms with Gasteiger partial charge in [0.2, 0.25) is 0 Å². The van der Waals surface area contributed by atoms with E-state index in [0.29, 0.717) is 17.7 Å². The Morgan fingerprint density at radius 2 is 2.15 bits per heavy atom. The third-order valence-electron chi connectivity index (χ3n) is 3.95. The van der Waals surface area contributed by atoms with Gasteiger partial charge in [-0.1, -0.05) is 0 Å². The molecular weight excluding hydrogens is 444 g/mol. The van der Waals surface area contributed by atoms with E-state index in [1.54, 1.807) is 18.2 Å². The number of carbonyl (C=O) groups excluding carboxylic acids is 2. The number of ether oxygens (including phenoxy) is 1. The number of rotatable bonds is 4. The summed E-state index contributed by atoms with van der Waals surface area (Å²) < 4.78 is 19.8. The number of halogens is 1. The Kier molecular flexibility index (Phi) is 5.22. The zero-order valence-electron chi connectivity index (χ0n) is 13.9. The number of hydrogen-bond acceptors (Lipinski definition) is 5. The topological polar surface area (TPSA) is 76.0 Å². The van der Waals surface area contributed by atoms with E-state index in [1.807, 2.05) is 0 Å². The predicted molar refractivity (Wildman–Crippen MR) is 96.3 cm³/mol. The summed E-state index contributed by atoms with van der Waals surface area (Å²) >= 11 is -1.77. The minimum absolute atomic E-state index is 0.0159. The van der Waals surface area contributed by atoms with E-state index in [-0.39, 0.29) is 26.4 Å². The molecule has 0 aliphatic carbocycles. The first-order valence-corrected chi connectivity index (χ1v) is 10.6. The first kappa shape index (κ1) is 18.3. The quantitative estimate of drug-likeness (QED) is 0.433. The summed E-state index contributed by atoms with van der Waals surface area (Å²) in [7, 11) is 1.15. The van der Waals surface area contributed by atoms with Crippen LogP contribution in [0, 0.1) is 5.82 Å². The van der Waals surface area contributed by atoms with Crippen LogP contribution < -0.4 is 3.58 Å². The van der Waals surface area contributed by atoms with Crippen LogP contribution in [0.2, 0.25) is 0 Å². The van der Waals surface area contributed by atoms with E-state index in [2.05, 4.69) is 16.3 Å². The van der Waals surface area contributed by atoms with E-state index in [4.69, 9.17) is 0 Å². The first-order chi connectivity index (χ1) is 12.5. The fraction of sp³-hybridized carbons (Fsp3) is 0.105. The number of fused-ring (bicyclic) bond motifs is 1. The number of phenolic OH excluding ortho intramolecular Hbond substituents is 1. The molecule has 0 spiro atoms. The molecule has 0 atom stereocenters. The molecule has 26 heavy (non-hydrogen) atoms. The van der Waals surface area contributed by atoms with Crippen molar-refractivity contribution in [3.63, 3.8) is 0 Å². The second kappa shape index (κ2) is 7.41. The number of aliphatic imine (C=N–C) groups is 1. The van der Waals surface area contributed by atoms with Crippen molar-refractivity contribution in [3.8, 4) is 5.75 Å². The van der Waals surface area contributed by atoms with Crippen molar-refractivity contribution in [3.05, 3.63) is 65.5 Å². The van der Waals surface area contributed by atoms with Gasteiger partial charge < -0.3 is 0 Å². The van der Waals surface area contributed by atoms with Crippen LogP contribution in [0.4, 0.5) is 10.1 Å². The first-order valence-electron chi connectivity index (χ1n) is 7.71. The molecule has 7 heteroatoms. The fourth-order valence-electron chi connectivity index (χ4n) is 2.66. The van der Waals surface area contributed by atoms with Gasteiger partial charge in [0.25, 0.3) is 0 Å². The van der Waals surface area contributed by atoms with E-state index in [0.717, 1.165) is 10.7 Å². The zero-order chi connectivity index (χ0) is 18.8. The molecule has 130 valence electrons. The van der Waals surface area contributed by atoms with Crippen LogP contribution in [0.3, 0.4) is 0 Å². The van der Waals surface area contributed by atoms with Gasteiger partial charge in [0.15, 0.2) is 0 Å². The maximum absolute atomic E-state index is 14.8. The van der Waals surface area contributed by atoms with Gasteiger partial charge in [-0.25, -0.2) is 0 Å². The molecular formula is C19H14FNO4Sn. The third kappa shape index (κ3) is 3.16. The van der Waals surface area contributed by atoms with Gasteiger partial charge in [0.05, 0.1) is 0 Å². The van der Waals surface area contributed by atoms with E-state index in [1.165, 1.54) is 18.2 Å². The minimum atomic E-state index is -1.77. The van der Waals surface area contributed by atoms with Crippen molar-refractivity contribution in [2.24, 2.45) is 4.99 Å². The molecule has 0 bridgehead atoms. The Morgan fingerprint density at radius 3 is 2.85 bits per heavy atom. The van der Waals surface area contributed by atoms with Gasteiger partial charge in [-0.3, -0.25) is 0 Å². The average Bonchev–Trinajstić information content (AvgIpc) is 2.64. The maximum atomic E-state index is 14.8. The van der Waals surface area contributed by atoms with Crippen LogP contribution in [0.5, 0.6) is 5.75 Å². The monoisotopic (exact) mass is 459 g/mol. The predicted octanol–water partition coefficient (Wildman–Crippen LogP) is 2.04. The molecule has 2 aromatic carbocycles. The van der Waals surface area contributed by atoms with Crippen LogP contribution in [0.15, 0.2) is 48.0 Å². The van der Waals surface area contributed by atoms with Crippen LogP contribution in [0.1, 0.15) is 21.5 Å². The van der Waals surface area contributed by atoms with Crippen molar-refractivity contribution in [2.45, 2.75) is 6.42 Å². The molecule has 1 heterocycles. The Balaban J connectivity index is 2.17. The van der Waals surface area contributed by atoms with Crippen molar-refractivity contribution in [1.29, 1.82) is 0 Å². The summed E-state index contributed by atoms with van der Waals surface area (Å²) in [4.78, 5) is 28.5. The summed E-state index contributed by atoms with van der Waals surface area (Å²) in [6.45, 7) is 3.65. The van der Waals surface area contributed by atoms with E-state index in [9.17, 15) is 19.1 Å². The van der Waals surface area contributed by atoms with E-state index < -0.39 is 32.9 Å². The van der Waals surface area contributed by atoms with Gasteiger partial charge in [0, 0.05) is 0 Å². The molecule has 1 aliphatic heterocycles. The Bertz CT molecular complexity index is 968. The van der Waals surface area contributed by atoms with Crippen molar-refractivity contribution in [2.75, 3.05) is 7.11 Å². The molecule has 3 rings (SSSR count). The van der Waals surface area contributed by atoms with Gasteiger partial charge in [-0.15, -0.1) is 0 Å². The fourth-order valence-corrected chi connectivity index (χ4v) is 5.56. The van der Waals surface area contributed by atoms with Gasteiger partial charge in [-0.05, 0) is 0 Å². The molecule has 0 fully saturated rings. The zero-order valence-corrected chi connectivity index (χ0v) is 16.7. The molecule has 0 aromatic heterocycles. The number of methoxy groups -OCH3 is 1. The number of phenols is 1. The molecule has 2 aromatic rings. The van der Waals surface area contributed by atoms with Crippen molar-refractivity contribution < 1.29 is 23.8 Å². The molecule has 1 N–H and O–H groups in total. The second-order valence-corrected chi connectivity index (χ2v) is 9.08. The number of nitrogens with zero attached hydrogens (tertiary/aromatic N) is 1. The Labute approximate surface area is 159 Å². The molecule has 0 amide bonds. The number of aromatic hydroxyl groups is 1. The number of hydrogen-bond donors (Lipinski definition) is 1. The molecule has 0 unspecified atom stereocenters. The van der Waals surface area contributed by atoms with Crippen LogP contribution in [-0.4, -0.2) is 48.8 Å². The van der Waals surface area contributed by atoms with Crippen molar-refractivity contribution >= 4 is 45.9 Å². The van der Waals surface area contributed by atoms with Gasteiger partial charge in [0.1, 0.15) is 0 Å². The number of esters is 1. The summed E-state index contributed by atoms with van der Waals surface area (Å²) in [5.74, 6) is -1.70. The standard InChI is InChI=1S/C19H14FNO4.Sn/c1-3-6-12-7-4-10-15(18(12)23)21-16(11-22)13-8-5-9-14(17(13)20)19(24)25-2;/h3-5,7-9,23H,1,6H2,2H3;. The average molecular weight is 458 g/mol. The Hall–Kier alpha value is -2.48. The summed E-state index contributed by atoms with van der Waals surface area (Å²) in [6.07, 6.45) is 2.11. The van der Waals surface area contributed by atoms with Crippen LogP contribution in [0.25, 0.3) is 0 Å². The molecule has 5 nitrogen and oxygen atoms in total. The van der Waals surface area contributed by atoms with Gasteiger partial charge >= 0.3 is 159 Å². The normalized spacial score (nSPS) is 13.0. The van der Waals surface area contributed by atoms with Gasteiger partial charge in [-0.2, -0.15) is 0 Å². The Morgan fingerprint density at radius 1 is 1.38 bits per heavy atom. The molecule has 0 saturated heterocycles. The SMILES string of the molecule is C=CCc1cc[c]2c(c1O)N=C(c1cccc(C(=O)OC)c1F)[C](=O)[Sn]2.